The molecule has 0 bridgehead atoms. The topological polar surface area (TPSA) is 67.5 Å². The Labute approximate surface area is 118 Å². The fraction of sp³-hybridized carbons (Fsp3) is 0. The van der Waals surface area contributed by atoms with Crippen molar-refractivity contribution in [2.75, 3.05) is 5.43 Å². The number of hydrogen-bond donors (Lipinski definition) is 1. The first-order valence-electron chi connectivity index (χ1n) is 5.44. The first-order chi connectivity index (χ1) is 9.15. The second-order valence-electron chi connectivity index (χ2n) is 3.73. The molecule has 0 saturated heterocycles. The molecule has 96 valence electrons. The van der Waals surface area contributed by atoms with Crippen molar-refractivity contribution in [3.8, 4) is 0 Å². The molecule has 0 atom stereocenters. The monoisotopic (exact) mass is 319 g/mol. The van der Waals surface area contributed by atoms with Gasteiger partial charge in [-0.1, -0.05) is 28.1 Å². The van der Waals surface area contributed by atoms with Crippen LogP contribution < -0.4 is 5.43 Å². The van der Waals surface area contributed by atoms with Gasteiger partial charge in [0.15, 0.2) is 0 Å². The molecule has 2 aromatic rings. The van der Waals surface area contributed by atoms with Crippen LogP contribution in [0.5, 0.6) is 0 Å². The Kier molecular flexibility index (Phi) is 4.25. The summed E-state index contributed by atoms with van der Waals surface area (Å²) in [6.45, 7) is 0. The van der Waals surface area contributed by atoms with Crippen LogP contribution in [0.15, 0.2) is 58.1 Å². The lowest BCUT2D eigenvalue weighted by molar-refractivity contribution is -0.384. The predicted molar refractivity (Wildman–Crippen MR) is 78.5 cm³/mol. The average Bonchev–Trinajstić information content (AvgIpc) is 2.39. The minimum atomic E-state index is -0.436. The van der Waals surface area contributed by atoms with Crippen LogP contribution in [0.25, 0.3) is 0 Å². The molecule has 19 heavy (non-hydrogen) atoms. The summed E-state index contributed by atoms with van der Waals surface area (Å²) in [7, 11) is 0. The highest BCUT2D eigenvalue weighted by Gasteiger charge is 2.02. The summed E-state index contributed by atoms with van der Waals surface area (Å²) in [4.78, 5) is 10.1. The number of hydrazone groups is 1. The number of benzene rings is 2. The van der Waals surface area contributed by atoms with E-state index in [2.05, 4.69) is 26.5 Å². The molecule has 0 aliphatic rings. The second kappa shape index (κ2) is 6.10. The summed E-state index contributed by atoms with van der Waals surface area (Å²) < 4.78 is 0.979. The number of nitro benzene ring substituents is 1. The molecule has 0 aliphatic carbocycles. The van der Waals surface area contributed by atoms with E-state index in [-0.39, 0.29) is 5.69 Å². The Morgan fingerprint density at radius 3 is 2.58 bits per heavy atom. The van der Waals surface area contributed by atoms with Crippen molar-refractivity contribution in [3.63, 3.8) is 0 Å². The molecular formula is C13H10BrN3O2. The van der Waals surface area contributed by atoms with Gasteiger partial charge in [0.2, 0.25) is 0 Å². The molecule has 0 heterocycles. The molecule has 1 N–H and O–H groups in total. The molecule has 0 amide bonds. The van der Waals surface area contributed by atoms with Gasteiger partial charge in [0.25, 0.3) is 5.69 Å². The Morgan fingerprint density at radius 1 is 1.21 bits per heavy atom. The molecule has 0 aliphatic heterocycles. The second-order valence-corrected chi connectivity index (χ2v) is 4.64. The third-order valence-corrected chi connectivity index (χ3v) is 2.83. The maximum absolute atomic E-state index is 10.5. The molecule has 2 aromatic carbocycles. The van der Waals surface area contributed by atoms with Gasteiger partial charge in [-0.3, -0.25) is 15.5 Å². The lowest BCUT2D eigenvalue weighted by Crippen LogP contribution is -1.92. The summed E-state index contributed by atoms with van der Waals surface area (Å²) in [5.41, 5.74) is 4.51. The molecule has 0 aromatic heterocycles. The molecule has 0 saturated carbocycles. The Hall–Kier alpha value is -2.21. The smallest absolute Gasteiger partial charge is 0.269 e. The number of nitro groups is 1. The summed E-state index contributed by atoms with van der Waals surface area (Å²) in [6.07, 6.45) is 1.67. The zero-order valence-corrected chi connectivity index (χ0v) is 11.4. The molecule has 0 unspecified atom stereocenters. The molecule has 6 heteroatoms. The SMILES string of the molecule is O=[N+]([O-])c1ccc(N/N=C/c2cccc(Br)c2)cc1. The molecule has 2 rings (SSSR count). The van der Waals surface area contributed by atoms with Gasteiger partial charge in [0.05, 0.1) is 16.8 Å². The Balaban J connectivity index is 2.00. The largest absolute Gasteiger partial charge is 0.278 e. The van der Waals surface area contributed by atoms with Crippen LogP contribution in [0.4, 0.5) is 11.4 Å². The van der Waals surface area contributed by atoms with Crippen molar-refractivity contribution in [1.82, 2.24) is 0 Å². The van der Waals surface area contributed by atoms with Crippen LogP contribution in [0.1, 0.15) is 5.56 Å². The van der Waals surface area contributed by atoms with E-state index in [0.29, 0.717) is 5.69 Å². The van der Waals surface area contributed by atoms with Crippen molar-refractivity contribution in [2.45, 2.75) is 0 Å². The number of nitrogens with one attached hydrogen (secondary N) is 1. The van der Waals surface area contributed by atoms with E-state index in [1.807, 2.05) is 24.3 Å². The highest BCUT2D eigenvalue weighted by molar-refractivity contribution is 9.10. The van der Waals surface area contributed by atoms with Crippen LogP contribution in [0.2, 0.25) is 0 Å². The summed E-state index contributed by atoms with van der Waals surface area (Å²) >= 11 is 3.37. The van der Waals surface area contributed by atoms with Crippen molar-refractivity contribution in [2.24, 2.45) is 5.10 Å². The van der Waals surface area contributed by atoms with Crippen LogP contribution in [0.3, 0.4) is 0 Å². The number of non-ortho nitro benzene ring substituents is 1. The first-order valence-corrected chi connectivity index (χ1v) is 6.23. The molecule has 0 radical (unpaired) electrons. The average molecular weight is 320 g/mol. The van der Waals surface area contributed by atoms with E-state index < -0.39 is 4.92 Å². The van der Waals surface area contributed by atoms with Gasteiger partial charge >= 0.3 is 0 Å². The third-order valence-electron chi connectivity index (χ3n) is 2.33. The van der Waals surface area contributed by atoms with Gasteiger partial charge in [0, 0.05) is 16.6 Å². The minimum Gasteiger partial charge on any atom is -0.278 e. The number of halogens is 1. The molecule has 5 nitrogen and oxygen atoms in total. The van der Waals surface area contributed by atoms with Crippen molar-refractivity contribution in [3.05, 3.63) is 68.7 Å². The van der Waals surface area contributed by atoms with Gasteiger partial charge < -0.3 is 0 Å². The van der Waals surface area contributed by atoms with E-state index in [1.54, 1.807) is 18.3 Å². The molecule has 0 fully saturated rings. The maximum atomic E-state index is 10.5. The van der Waals surface area contributed by atoms with Gasteiger partial charge in [-0.2, -0.15) is 5.10 Å². The fourth-order valence-electron chi connectivity index (χ4n) is 1.43. The number of anilines is 1. The number of nitrogens with zero attached hydrogens (tertiary/aromatic N) is 2. The van der Waals surface area contributed by atoms with Crippen molar-refractivity contribution < 1.29 is 4.92 Å². The summed E-state index contributed by atoms with van der Waals surface area (Å²) in [5.74, 6) is 0. The lowest BCUT2D eigenvalue weighted by atomic mass is 10.2. The highest BCUT2D eigenvalue weighted by atomic mass is 79.9. The van der Waals surface area contributed by atoms with Crippen molar-refractivity contribution in [1.29, 1.82) is 0 Å². The zero-order chi connectivity index (χ0) is 13.7. The first kappa shape index (κ1) is 13.2. The van der Waals surface area contributed by atoms with Crippen LogP contribution in [0, 0.1) is 10.1 Å². The quantitative estimate of drug-likeness (QED) is 0.529. The molecular weight excluding hydrogens is 310 g/mol. The lowest BCUT2D eigenvalue weighted by Gasteiger charge is -1.99. The fourth-order valence-corrected chi connectivity index (χ4v) is 1.84. The van der Waals surface area contributed by atoms with Crippen molar-refractivity contribution >= 4 is 33.5 Å². The van der Waals surface area contributed by atoms with E-state index in [0.717, 1.165) is 10.0 Å². The summed E-state index contributed by atoms with van der Waals surface area (Å²) in [5, 5.41) is 14.6. The van der Waals surface area contributed by atoms with Crippen LogP contribution in [-0.4, -0.2) is 11.1 Å². The van der Waals surface area contributed by atoms with E-state index in [1.165, 1.54) is 12.1 Å². The van der Waals surface area contributed by atoms with Gasteiger partial charge in [-0.05, 0) is 29.8 Å². The number of rotatable bonds is 4. The standard InChI is InChI=1S/C13H10BrN3O2/c14-11-3-1-2-10(8-11)9-15-16-12-4-6-13(7-5-12)17(18)19/h1-9,16H/b15-9+. The van der Waals surface area contributed by atoms with E-state index in [9.17, 15) is 10.1 Å². The van der Waals surface area contributed by atoms with Crippen LogP contribution in [-0.2, 0) is 0 Å². The minimum absolute atomic E-state index is 0.0570. The Bertz CT molecular complexity index is 612. The number of hydrogen-bond acceptors (Lipinski definition) is 4. The predicted octanol–water partition coefficient (Wildman–Crippen LogP) is 3.80. The maximum Gasteiger partial charge on any atom is 0.269 e. The molecule has 0 spiro atoms. The van der Waals surface area contributed by atoms with E-state index in [4.69, 9.17) is 0 Å². The van der Waals surface area contributed by atoms with E-state index >= 15 is 0 Å². The van der Waals surface area contributed by atoms with Gasteiger partial charge in [-0.25, -0.2) is 0 Å². The zero-order valence-electron chi connectivity index (χ0n) is 9.79. The Morgan fingerprint density at radius 2 is 1.95 bits per heavy atom. The van der Waals surface area contributed by atoms with Gasteiger partial charge in [0.1, 0.15) is 0 Å². The summed E-state index contributed by atoms with van der Waals surface area (Å²) in [6, 6.07) is 13.8. The third kappa shape index (κ3) is 3.89. The van der Waals surface area contributed by atoms with Gasteiger partial charge in [-0.15, -0.1) is 0 Å². The highest BCUT2D eigenvalue weighted by Crippen LogP contribution is 2.15. The normalized spacial score (nSPS) is 10.6. The van der Waals surface area contributed by atoms with Crippen LogP contribution >= 0.6 is 15.9 Å².